The number of para-hydroxylation sites is 2. The van der Waals surface area contributed by atoms with Crippen LogP contribution in [0.2, 0.25) is 0 Å². The Labute approximate surface area is 201 Å². The summed E-state index contributed by atoms with van der Waals surface area (Å²) in [6.07, 6.45) is 13.1. The quantitative estimate of drug-likeness (QED) is 0.605. The maximum atomic E-state index is 13.7. The van der Waals surface area contributed by atoms with Crippen LogP contribution in [0, 0.1) is 11.8 Å². The molecule has 0 radical (unpaired) electrons. The summed E-state index contributed by atoms with van der Waals surface area (Å²) in [6.45, 7) is 2.10. The van der Waals surface area contributed by atoms with Gasteiger partial charge < -0.3 is 9.30 Å². The Morgan fingerprint density at radius 1 is 0.971 bits per heavy atom. The highest BCUT2D eigenvalue weighted by Gasteiger charge is 2.51. The van der Waals surface area contributed by atoms with E-state index in [0.29, 0.717) is 30.4 Å². The summed E-state index contributed by atoms with van der Waals surface area (Å²) in [5, 5.41) is 0. The van der Waals surface area contributed by atoms with E-state index in [4.69, 9.17) is 4.74 Å². The number of nitrogens with zero attached hydrogens (tertiary/aromatic N) is 3. The van der Waals surface area contributed by atoms with Gasteiger partial charge in [0.25, 0.3) is 5.56 Å². The Hall–Kier alpha value is -2.21. The molecule has 4 bridgehead atoms. The monoisotopic (exact) mass is 463 g/mol. The van der Waals surface area contributed by atoms with Crippen LogP contribution >= 0.6 is 0 Å². The van der Waals surface area contributed by atoms with Gasteiger partial charge in [0.1, 0.15) is 5.69 Å². The van der Waals surface area contributed by atoms with Crippen LogP contribution in [0.15, 0.2) is 29.1 Å². The van der Waals surface area contributed by atoms with Crippen molar-refractivity contribution in [3.8, 4) is 0 Å². The van der Waals surface area contributed by atoms with Crippen LogP contribution in [0.4, 0.5) is 0 Å². The van der Waals surface area contributed by atoms with E-state index >= 15 is 0 Å². The van der Waals surface area contributed by atoms with Crippen molar-refractivity contribution < 1.29 is 9.53 Å². The van der Waals surface area contributed by atoms with Crippen LogP contribution in [0.1, 0.15) is 82.9 Å². The Balaban J connectivity index is 1.35. The minimum absolute atomic E-state index is 0.0615. The Morgan fingerprint density at radius 2 is 1.74 bits per heavy atom. The molecule has 1 aromatic heterocycles. The Kier molecular flexibility index (Phi) is 5.96. The highest BCUT2D eigenvalue weighted by atomic mass is 16.5. The van der Waals surface area contributed by atoms with Gasteiger partial charge >= 0.3 is 5.97 Å². The molecule has 4 fully saturated rings. The second-order valence-electron chi connectivity index (χ2n) is 11.1. The smallest absolute Gasteiger partial charge is 0.312 e. The average molecular weight is 464 g/mol. The minimum atomic E-state index is -0.381. The van der Waals surface area contributed by atoms with Crippen molar-refractivity contribution in [1.29, 1.82) is 0 Å². The van der Waals surface area contributed by atoms with Crippen molar-refractivity contribution in [1.82, 2.24) is 14.5 Å². The summed E-state index contributed by atoms with van der Waals surface area (Å²) in [5.74, 6) is 1.41. The second-order valence-corrected chi connectivity index (χ2v) is 11.1. The lowest BCUT2D eigenvalue weighted by molar-refractivity contribution is -0.142. The molecule has 2 saturated carbocycles. The van der Waals surface area contributed by atoms with E-state index < -0.39 is 0 Å². The van der Waals surface area contributed by atoms with Crippen LogP contribution in [-0.4, -0.2) is 45.2 Å². The number of carbonyl (C=O) groups is 1. The maximum Gasteiger partial charge on any atom is 0.312 e. The van der Waals surface area contributed by atoms with E-state index in [1.54, 1.807) is 6.92 Å². The lowest BCUT2D eigenvalue weighted by atomic mass is 9.77. The van der Waals surface area contributed by atoms with Gasteiger partial charge in [0, 0.05) is 18.1 Å². The number of fused-ring (bicyclic) bond motifs is 5. The molecule has 5 atom stereocenters. The van der Waals surface area contributed by atoms with E-state index in [0.717, 1.165) is 35.7 Å². The second kappa shape index (κ2) is 9.10. The van der Waals surface area contributed by atoms with Gasteiger partial charge in [-0.1, -0.05) is 37.8 Å². The molecule has 6 rings (SSSR count). The first kappa shape index (κ1) is 22.3. The highest BCUT2D eigenvalue weighted by Crippen LogP contribution is 2.50. The fourth-order valence-corrected chi connectivity index (χ4v) is 7.95. The molecule has 2 saturated heterocycles. The number of aromatic nitrogens is 2. The molecular formula is C28H37N3O3. The number of carbonyl (C=O) groups excluding carboxylic acids is 1. The molecule has 3 heterocycles. The van der Waals surface area contributed by atoms with E-state index in [9.17, 15) is 9.59 Å². The molecule has 4 aliphatic rings. The predicted octanol–water partition coefficient (Wildman–Crippen LogP) is 4.64. The van der Waals surface area contributed by atoms with Gasteiger partial charge in [-0.2, -0.15) is 0 Å². The van der Waals surface area contributed by atoms with E-state index in [-0.39, 0.29) is 24.0 Å². The summed E-state index contributed by atoms with van der Waals surface area (Å²) in [6, 6.07) is 9.73. The summed E-state index contributed by atoms with van der Waals surface area (Å²) >= 11 is 0. The van der Waals surface area contributed by atoms with Crippen LogP contribution in [0.25, 0.3) is 11.0 Å². The number of hydrogen-bond acceptors (Lipinski definition) is 5. The third kappa shape index (κ3) is 3.88. The van der Waals surface area contributed by atoms with Gasteiger partial charge in [-0.25, -0.2) is 4.98 Å². The molecule has 2 unspecified atom stereocenters. The number of esters is 1. The number of hydrogen-bond donors (Lipinski definition) is 0. The third-order valence-electron chi connectivity index (χ3n) is 9.14. The first-order chi connectivity index (χ1) is 16.6. The van der Waals surface area contributed by atoms with Crippen molar-refractivity contribution >= 4 is 17.0 Å². The average Bonchev–Trinajstić information content (AvgIpc) is 3.35. The molecule has 1 aromatic carbocycles. The summed E-state index contributed by atoms with van der Waals surface area (Å²) in [5.41, 5.74) is 1.89. The van der Waals surface area contributed by atoms with E-state index in [1.165, 1.54) is 51.4 Å². The van der Waals surface area contributed by atoms with Gasteiger partial charge in [-0.05, 0) is 69.4 Å². The molecule has 6 nitrogen and oxygen atoms in total. The van der Waals surface area contributed by atoms with Gasteiger partial charge in [-0.3, -0.25) is 14.5 Å². The van der Waals surface area contributed by atoms with Gasteiger partial charge in [0.15, 0.2) is 0 Å². The zero-order chi connectivity index (χ0) is 23.2. The Bertz CT molecular complexity index is 1110. The largest absolute Gasteiger partial charge is 0.466 e. The molecular weight excluding hydrogens is 426 g/mol. The van der Waals surface area contributed by atoms with Crippen LogP contribution < -0.4 is 5.56 Å². The normalized spacial score (nSPS) is 33.2. The zero-order valence-corrected chi connectivity index (χ0v) is 20.3. The number of rotatable bonds is 5. The summed E-state index contributed by atoms with van der Waals surface area (Å²) in [7, 11) is 0. The van der Waals surface area contributed by atoms with Crippen LogP contribution in [0.5, 0.6) is 0 Å². The molecule has 2 aromatic rings. The Morgan fingerprint density at radius 3 is 2.50 bits per heavy atom. The number of benzene rings is 1. The lowest BCUT2D eigenvalue weighted by Crippen LogP contribution is -2.45. The topological polar surface area (TPSA) is 64.4 Å². The summed E-state index contributed by atoms with van der Waals surface area (Å²) in [4.78, 5) is 33.4. The molecule has 0 N–H and O–H groups in total. The third-order valence-corrected chi connectivity index (χ3v) is 9.14. The van der Waals surface area contributed by atoms with Crippen LogP contribution in [0.3, 0.4) is 0 Å². The first-order valence-corrected chi connectivity index (χ1v) is 13.6. The fraction of sp³-hybridized carbons (Fsp3) is 0.679. The molecule has 182 valence electrons. The minimum Gasteiger partial charge on any atom is -0.466 e. The van der Waals surface area contributed by atoms with Gasteiger partial charge in [0.05, 0.1) is 30.1 Å². The molecule has 2 aliphatic heterocycles. The van der Waals surface area contributed by atoms with Crippen LogP contribution in [-0.2, 0) is 16.0 Å². The fourth-order valence-electron chi connectivity index (χ4n) is 7.95. The van der Waals surface area contributed by atoms with Crippen molar-refractivity contribution in [3.05, 3.63) is 40.3 Å². The van der Waals surface area contributed by atoms with Crippen molar-refractivity contribution in [2.75, 3.05) is 6.61 Å². The molecule has 34 heavy (non-hydrogen) atoms. The predicted molar refractivity (Wildman–Crippen MR) is 132 cm³/mol. The maximum absolute atomic E-state index is 13.7. The lowest BCUT2D eigenvalue weighted by Gasteiger charge is -2.41. The van der Waals surface area contributed by atoms with E-state index in [2.05, 4.69) is 9.88 Å². The van der Waals surface area contributed by atoms with Crippen molar-refractivity contribution in [2.24, 2.45) is 11.8 Å². The molecule has 6 heteroatoms. The van der Waals surface area contributed by atoms with Crippen molar-refractivity contribution in [2.45, 2.75) is 102 Å². The molecule has 0 amide bonds. The summed E-state index contributed by atoms with van der Waals surface area (Å²) < 4.78 is 7.14. The van der Waals surface area contributed by atoms with Gasteiger partial charge in [0.2, 0.25) is 0 Å². The van der Waals surface area contributed by atoms with E-state index in [1.807, 2.05) is 28.8 Å². The number of ether oxygens (including phenoxy) is 1. The zero-order valence-electron chi connectivity index (χ0n) is 20.3. The molecule has 2 aliphatic carbocycles. The van der Waals surface area contributed by atoms with Gasteiger partial charge in [-0.15, -0.1) is 0 Å². The SMILES string of the molecule is CCOC(=O)Cc1nc2ccccc2n([C@@H]2C[C@@H]3CC[C@H]2N3C2CC3CCCCC(C3)C2)c1=O. The van der Waals surface area contributed by atoms with Crippen molar-refractivity contribution in [3.63, 3.8) is 0 Å². The first-order valence-electron chi connectivity index (χ1n) is 13.6. The highest BCUT2D eigenvalue weighted by molar-refractivity contribution is 5.77. The molecule has 0 spiro atoms. The standard InChI is InChI=1S/C28H37N3O3/c1-2-34-27(32)17-23-28(33)31(24-10-6-5-9-22(24)29-23)26-16-20-11-12-25(26)30(20)21-14-18-7-3-4-8-19(13-18)15-21/h5-6,9-10,18-21,25-26H,2-4,7-8,11-17H2,1H3/t18?,19?,20-,21?,25+,26+/m0/s1.